The molecule has 2 aromatic carbocycles. The molecule has 0 saturated heterocycles. The Morgan fingerprint density at radius 3 is 2.35 bits per heavy atom. The molecular formula is C31H41N9O7S2. The van der Waals surface area contributed by atoms with E-state index in [1.165, 1.54) is 34.6 Å². The average molecular weight is 716 g/mol. The SMILES string of the molecule is CC(=O)CC1NC(=O)CNC(=O)C(CCCCN=C(N)N)NC(=O)CCSSCC(C(N)=O)NC(=O)c2cc(cc3ccccc23)NC1=O. The van der Waals surface area contributed by atoms with Crippen LogP contribution in [0.2, 0.25) is 0 Å². The van der Waals surface area contributed by atoms with Crippen molar-refractivity contribution in [1.29, 1.82) is 0 Å². The van der Waals surface area contributed by atoms with Crippen LogP contribution in [0.5, 0.6) is 0 Å². The highest BCUT2D eigenvalue weighted by Crippen LogP contribution is 2.26. The summed E-state index contributed by atoms with van der Waals surface area (Å²) in [6.07, 6.45) is 0.914. The molecule has 0 fully saturated rings. The fraction of sp³-hybridized carbons (Fsp3) is 0.419. The third-order valence-corrected chi connectivity index (χ3v) is 9.58. The molecular weight excluding hydrogens is 675 g/mol. The van der Waals surface area contributed by atoms with E-state index in [1.807, 2.05) is 0 Å². The van der Waals surface area contributed by atoms with Gasteiger partial charge in [-0.1, -0.05) is 45.9 Å². The molecule has 18 heteroatoms. The number of nitrogens with zero attached hydrogens (tertiary/aromatic N) is 1. The number of benzene rings is 2. The first-order valence-corrected chi connectivity index (χ1v) is 17.9. The largest absolute Gasteiger partial charge is 0.370 e. The molecule has 3 rings (SSSR count). The molecule has 49 heavy (non-hydrogen) atoms. The standard InChI is InChI=1S/C31H41N9O7S2/c1-17(41)12-23-30(47)37-19-13-18-6-2-3-7-20(18)21(14-19)28(45)40-24(27(32)44)16-49-48-11-9-25(42)38-22(8-4-5-10-35-31(33)34)29(46)36-15-26(43)39-23/h2-3,6-7,13-14,22-24H,4-5,8-12,15-16H2,1H3,(H2,32,44)(H,36,46)(H,37,47)(H,38,42)(H,39,43)(H,40,45)(H4,33,34,35). The van der Waals surface area contributed by atoms with Gasteiger partial charge in [0.2, 0.25) is 29.5 Å². The number of nitrogens with one attached hydrogen (secondary N) is 5. The van der Waals surface area contributed by atoms with Gasteiger partial charge in [0.05, 0.1) is 6.54 Å². The van der Waals surface area contributed by atoms with E-state index in [2.05, 4.69) is 31.6 Å². The maximum atomic E-state index is 13.5. The van der Waals surface area contributed by atoms with E-state index in [4.69, 9.17) is 17.2 Å². The molecule has 6 amide bonds. The summed E-state index contributed by atoms with van der Waals surface area (Å²) in [4.78, 5) is 93.8. The van der Waals surface area contributed by atoms with E-state index in [0.29, 0.717) is 35.9 Å². The molecule has 3 atom stereocenters. The summed E-state index contributed by atoms with van der Waals surface area (Å²) in [5.41, 5.74) is 16.6. The van der Waals surface area contributed by atoms with Crippen LogP contribution in [0.25, 0.3) is 10.8 Å². The van der Waals surface area contributed by atoms with Crippen LogP contribution in [0.4, 0.5) is 5.69 Å². The van der Waals surface area contributed by atoms with E-state index in [1.54, 1.807) is 30.3 Å². The molecule has 0 saturated carbocycles. The number of Topliss-reactive ketones (excluding diaryl/α,β-unsaturated/α-hetero) is 1. The van der Waals surface area contributed by atoms with Crippen molar-refractivity contribution in [3.8, 4) is 0 Å². The van der Waals surface area contributed by atoms with Gasteiger partial charge in [0.15, 0.2) is 5.96 Å². The van der Waals surface area contributed by atoms with Gasteiger partial charge in [-0.25, -0.2) is 0 Å². The Morgan fingerprint density at radius 2 is 1.63 bits per heavy atom. The topological polar surface area (TPSA) is 270 Å². The summed E-state index contributed by atoms with van der Waals surface area (Å²) in [5, 5.41) is 14.1. The number of nitrogens with two attached hydrogens (primary N) is 3. The number of guanidine groups is 1. The molecule has 3 unspecified atom stereocenters. The molecule has 16 nitrogen and oxygen atoms in total. The number of fused-ring (bicyclic) bond motifs is 4. The van der Waals surface area contributed by atoms with Crippen molar-refractivity contribution in [2.45, 2.75) is 57.2 Å². The molecule has 264 valence electrons. The van der Waals surface area contributed by atoms with Crippen LogP contribution < -0.4 is 43.8 Å². The first-order chi connectivity index (χ1) is 23.3. The molecule has 2 bridgehead atoms. The Morgan fingerprint density at radius 1 is 0.898 bits per heavy atom. The second-order valence-corrected chi connectivity index (χ2v) is 13.8. The Labute approximate surface area is 290 Å². The highest BCUT2D eigenvalue weighted by molar-refractivity contribution is 8.76. The lowest BCUT2D eigenvalue weighted by molar-refractivity contribution is -0.131. The second kappa shape index (κ2) is 19.2. The Kier molecular flexibility index (Phi) is 15.2. The van der Waals surface area contributed by atoms with Crippen molar-refractivity contribution in [2.75, 3.05) is 29.9 Å². The smallest absolute Gasteiger partial charge is 0.252 e. The van der Waals surface area contributed by atoms with Gasteiger partial charge in [0.1, 0.15) is 23.9 Å². The minimum atomic E-state index is -1.32. The number of hydrogen-bond acceptors (Lipinski definition) is 10. The second-order valence-electron chi connectivity index (χ2n) is 11.2. The van der Waals surface area contributed by atoms with Crippen LogP contribution >= 0.6 is 21.6 Å². The number of anilines is 1. The molecule has 0 spiro atoms. The zero-order valence-corrected chi connectivity index (χ0v) is 28.5. The number of hydrogen-bond donors (Lipinski definition) is 8. The quantitative estimate of drug-likeness (QED) is 0.0758. The van der Waals surface area contributed by atoms with Crippen molar-refractivity contribution in [1.82, 2.24) is 21.3 Å². The van der Waals surface area contributed by atoms with Gasteiger partial charge in [-0.05, 0) is 49.1 Å². The minimum absolute atomic E-state index is 0.0319. The number of amides is 6. The van der Waals surface area contributed by atoms with Gasteiger partial charge in [-0.2, -0.15) is 0 Å². The van der Waals surface area contributed by atoms with E-state index in [9.17, 15) is 33.6 Å². The van der Waals surface area contributed by atoms with Crippen molar-refractivity contribution < 1.29 is 33.6 Å². The van der Waals surface area contributed by atoms with E-state index >= 15 is 0 Å². The normalized spacial score (nSPS) is 20.3. The number of ketones is 1. The third kappa shape index (κ3) is 12.9. The third-order valence-electron chi connectivity index (χ3n) is 7.17. The van der Waals surface area contributed by atoms with Gasteiger partial charge in [-0.15, -0.1) is 0 Å². The molecule has 0 radical (unpaired) electrons. The predicted molar refractivity (Wildman–Crippen MR) is 189 cm³/mol. The first-order valence-electron chi connectivity index (χ1n) is 15.4. The van der Waals surface area contributed by atoms with Crippen LogP contribution in [-0.2, 0) is 28.8 Å². The van der Waals surface area contributed by atoms with Crippen LogP contribution in [0.15, 0.2) is 41.4 Å². The zero-order chi connectivity index (χ0) is 35.9. The van der Waals surface area contributed by atoms with Gasteiger partial charge in [-0.3, -0.25) is 38.6 Å². The molecule has 1 aliphatic heterocycles. The van der Waals surface area contributed by atoms with E-state index in [0.717, 1.165) is 0 Å². The maximum absolute atomic E-state index is 13.5. The van der Waals surface area contributed by atoms with Gasteiger partial charge < -0.3 is 43.8 Å². The number of primary amides is 1. The number of carbonyl (C=O) groups excluding carboxylic acids is 7. The Balaban J connectivity index is 1.89. The molecule has 1 aliphatic rings. The Bertz CT molecular complexity index is 1600. The zero-order valence-electron chi connectivity index (χ0n) is 26.9. The van der Waals surface area contributed by atoms with Crippen molar-refractivity contribution >= 4 is 85.2 Å². The molecule has 2 aromatic rings. The highest BCUT2D eigenvalue weighted by atomic mass is 33.1. The fourth-order valence-corrected chi connectivity index (χ4v) is 6.94. The molecule has 1 heterocycles. The van der Waals surface area contributed by atoms with Gasteiger partial charge >= 0.3 is 0 Å². The minimum Gasteiger partial charge on any atom is -0.370 e. The summed E-state index contributed by atoms with van der Waals surface area (Å²) in [6.45, 7) is 1.05. The fourth-order valence-electron chi connectivity index (χ4n) is 4.78. The summed E-state index contributed by atoms with van der Waals surface area (Å²) in [7, 11) is 2.52. The molecule has 0 aromatic heterocycles. The van der Waals surface area contributed by atoms with Crippen LogP contribution in [-0.4, -0.2) is 89.9 Å². The van der Waals surface area contributed by atoms with Crippen LogP contribution in [0.1, 0.15) is 49.4 Å². The van der Waals surface area contributed by atoms with Gasteiger partial charge in [0, 0.05) is 42.1 Å². The number of carbonyl (C=O) groups is 7. The monoisotopic (exact) mass is 715 g/mol. The van der Waals surface area contributed by atoms with Crippen LogP contribution in [0.3, 0.4) is 0 Å². The van der Waals surface area contributed by atoms with E-state index in [-0.39, 0.29) is 48.0 Å². The summed E-state index contributed by atoms with van der Waals surface area (Å²) in [6, 6.07) is 6.60. The lowest BCUT2D eigenvalue weighted by atomic mass is 10.0. The Hall–Kier alpha value is -4.84. The van der Waals surface area contributed by atoms with Crippen molar-refractivity contribution in [3.05, 3.63) is 42.0 Å². The molecule has 11 N–H and O–H groups in total. The van der Waals surface area contributed by atoms with E-state index < -0.39 is 60.1 Å². The number of unbranched alkanes of at least 4 members (excludes halogenated alkanes) is 1. The van der Waals surface area contributed by atoms with Gasteiger partial charge in [0.25, 0.3) is 5.91 Å². The highest BCUT2D eigenvalue weighted by Gasteiger charge is 2.26. The first kappa shape index (κ1) is 38.6. The summed E-state index contributed by atoms with van der Waals surface area (Å²) >= 11 is 0. The number of rotatable bonds is 8. The lowest BCUT2D eigenvalue weighted by Gasteiger charge is -2.21. The molecule has 0 aliphatic carbocycles. The average Bonchev–Trinajstić information content (AvgIpc) is 3.04. The number of aliphatic imine (C=N–C) groups is 1. The summed E-state index contributed by atoms with van der Waals surface area (Å²) < 4.78 is 0. The van der Waals surface area contributed by atoms with Crippen molar-refractivity contribution in [3.63, 3.8) is 0 Å². The van der Waals surface area contributed by atoms with Crippen LogP contribution in [0, 0.1) is 0 Å². The maximum Gasteiger partial charge on any atom is 0.252 e. The van der Waals surface area contributed by atoms with Crippen molar-refractivity contribution in [2.24, 2.45) is 22.2 Å². The lowest BCUT2D eigenvalue weighted by Crippen LogP contribution is -2.51. The summed E-state index contributed by atoms with van der Waals surface area (Å²) in [5.74, 6) is -3.94. The predicted octanol–water partition coefficient (Wildman–Crippen LogP) is -0.344.